The molecule has 0 radical (unpaired) electrons. The lowest BCUT2D eigenvalue weighted by molar-refractivity contribution is 0.0464. The zero-order valence-corrected chi connectivity index (χ0v) is 11.2. The molecular formula is C13H20N4O2. The first kappa shape index (κ1) is 13.6. The lowest BCUT2D eigenvalue weighted by Gasteiger charge is -2.35. The summed E-state index contributed by atoms with van der Waals surface area (Å²) in [6.07, 6.45) is 1.50. The maximum atomic E-state index is 9.32. The number of aliphatic hydroxyl groups excluding tert-OH is 1. The smallest absolute Gasteiger partial charge is 0.173 e. The first-order valence-corrected chi connectivity index (χ1v) is 6.36. The van der Waals surface area contributed by atoms with Crippen molar-refractivity contribution in [2.45, 2.75) is 25.9 Å². The van der Waals surface area contributed by atoms with Gasteiger partial charge in [0.1, 0.15) is 5.82 Å². The van der Waals surface area contributed by atoms with Gasteiger partial charge in [-0.3, -0.25) is 0 Å². The Hall–Kier alpha value is -1.82. The Kier molecular flexibility index (Phi) is 3.90. The van der Waals surface area contributed by atoms with Crippen molar-refractivity contribution in [1.82, 2.24) is 4.98 Å². The molecule has 1 aromatic rings. The molecule has 0 atom stereocenters. The quantitative estimate of drug-likeness (QED) is 0.322. The molecule has 1 fully saturated rings. The molecule has 1 aromatic heterocycles. The number of hydrogen-bond donors (Lipinski definition) is 3. The Labute approximate surface area is 112 Å². The lowest BCUT2D eigenvalue weighted by atomic mass is 9.82. The van der Waals surface area contributed by atoms with Crippen molar-refractivity contribution in [3.8, 4) is 0 Å². The van der Waals surface area contributed by atoms with Crippen molar-refractivity contribution in [2.24, 2.45) is 16.8 Å². The molecule has 1 aliphatic rings. The number of aliphatic hydroxyl groups is 1. The van der Waals surface area contributed by atoms with Crippen molar-refractivity contribution in [1.29, 1.82) is 0 Å². The molecule has 0 spiro atoms. The predicted molar refractivity (Wildman–Crippen MR) is 73.5 cm³/mol. The summed E-state index contributed by atoms with van der Waals surface area (Å²) in [5.74, 6) is 1.24. The molecule has 0 amide bonds. The molecule has 19 heavy (non-hydrogen) atoms. The van der Waals surface area contributed by atoms with Gasteiger partial charge < -0.3 is 20.9 Å². The summed E-state index contributed by atoms with van der Waals surface area (Å²) in [6, 6.07) is 3.64. The van der Waals surface area contributed by atoms with E-state index in [1.165, 1.54) is 0 Å². The number of rotatable bonds is 4. The number of amidine groups is 1. The van der Waals surface area contributed by atoms with E-state index in [1.807, 2.05) is 24.9 Å². The zero-order chi connectivity index (χ0) is 14.0. The highest BCUT2D eigenvalue weighted by Crippen LogP contribution is 2.29. The van der Waals surface area contributed by atoms with Crippen LogP contribution in [0.4, 0.5) is 5.82 Å². The van der Waals surface area contributed by atoms with E-state index in [1.54, 1.807) is 6.07 Å². The second kappa shape index (κ2) is 5.44. The molecule has 1 saturated carbocycles. The summed E-state index contributed by atoms with van der Waals surface area (Å²) in [5, 5.41) is 21.2. The minimum Gasteiger partial charge on any atom is -0.409 e. The van der Waals surface area contributed by atoms with Crippen LogP contribution in [0.3, 0.4) is 0 Å². The minimum absolute atomic E-state index is 0.0583. The SMILES string of the molecule is Cc1ccc(C(N)=NO)c(N(C)CC2CC(O)C2)n1. The molecule has 0 saturated heterocycles. The maximum absolute atomic E-state index is 9.32. The van der Waals surface area contributed by atoms with E-state index in [9.17, 15) is 5.11 Å². The number of oxime groups is 1. The summed E-state index contributed by atoms with van der Waals surface area (Å²) < 4.78 is 0. The van der Waals surface area contributed by atoms with Gasteiger partial charge in [-0.15, -0.1) is 0 Å². The predicted octanol–water partition coefficient (Wildman–Crippen LogP) is 0.692. The summed E-state index contributed by atoms with van der Waals surface area (Å²) in [6.45, 7) is 2.71. The summed E-state index contributed by atoms with van der Waals surface area (Å²) in [5.41, 5.74) is 7.18. The molecule has 6 nitrogen and oxygen atoms in total. The molecule has 0 bridgehead atoms. The van der Waals surface area contributed by atoms with Crippen LogP contribution in [-0.2, 0) is 0 Å². The number of aromatic nitrogens is 1. The van der Waals surface area contributed by atoms with Crippen LogP contribution in [0.25, 0.3) is 0 Å². The number of anilines is 1. The third-order valence-electron chi connectivity index (χ3n) is 3.50. The Balaban J connectivity index is 2.19. The lowest BCUT2D eigenvalue weighted by Crippen LogP contribution is -2.38. The van der Waals surface area contributed by atoms with Gasteiger partial charge in [-0.25, -0.2) is 4.98 Å². The van der Waals surface area contributed by atoms with Crippen molar-refractivity contribution < 1.29 is 10.3 Å². The molecule has 104 valence electrons. The van der Waals surface area contributed by atoms with Crippen LogP contribution in [0, 0.1) is 12.8 Å². The van der Waals surface area contributed by atoms with Gasteiger partial charge >= 0.3 is 0 Å². The molecule has 1 heterocycles. The fourth-order valence-electron chi connectivity index (χ4n) is 2.41. The van der Waals surface area contributed by atoms with Gasteiger partial charge in [-0.05, 0) is 37.8 Å². The first-order chi connectivity index (χ1) is 9.01. The highest BCUT2D eigenvalue weighted by atomic mass is 16.4. The van der Waals surface area contributed by atoms with Crippen molar-refractivity contribution >= 4 is 11.7 Å². The van der Waals surface area contributed by atoms with Crippen LogP contribution >= 0.6 is 0 Å². The van der Waals surface area contributed by atoms with E-state index in [0.29, 0.717) is 17.3 Å². The van der Waals surface area contributed by atoms with Gasteiger partial charge in [0.15, 0.2) is 5.84 Å². The largest absolute Gasteiger partial charge is 0.409 e. The van der Waals surface area contributed by atoms with Crippen LogP contribution in [0.1, 0.15) is 24.1 Å². The van der Waals surface area contributed by atoms with Gasteiger partial charge in [0.2, 0.25) is 0 Å². The van der Waals surface area contributed by atoms with Crippen LogP contribution in [0.15, 0.2) is 17.3 Å². The van der Waals surface area contributed by atoms with Crippen LogP contribution in [0.2, 0.25) is 0 Å². The number of nitrogens with zero attached hydrogens (tertiary/aromatic N) is 3. The minimum atomic E-state index is -0.160. The van der Waals surface area contributed by atoms with E-state index in [4.69, 9.17) is 10.9 Å². The fourth-order valence-corrected chi connectivity index (χ4v) is 2.41. The van der Waals surface area contributed by atoms with Crippen LogP contribution in [-0.4, -0.2) is 40.8 Å². The molecule has 6 heteroatoms. The van der Waals surface area contributed by atoms with E-state index in [2.05, 4.69) is 10.1 Å². The number of hydrogen-bond acceptors (Lipinski definition) is 5. The Morgan fingerprint density at radius 1 is 1.53 bits per heavy atom. The average Bonchev–Trinajstić information content (AvgIpc) is 2.35. The van der Waals surface area contributed by atoms with Crippen LogP contribution in [0.5, 0.6) is 0 Å². The fraction of sp³-hybridized carbons (Fsp3) is 0.538. The van der Waals surface area contributed by atoms with Gasteiger partial charge in [-0.1, -0.05) is 5.16 Å². The molecule has 0 unspecified atom stereocenters. The molecule has 4 N–H and O–H groups in total. The molecule has 1 aliphatic carbocycles. The molecule has 0 aromatic carbocycles. The average molecular weight is 264 g/mol. The zero-order valence-electron chi connectivity index (χ0n) is 11.2. The van der Waals surface area contributed by atoms with Gasteiger partial charge in [0.25, 0.3) is 0 Å². The molecule has 0 aliphatic heterocycles. The van der Waals surface area contributed by atoms with Crippen molar-refractivity contribution in [3.63, 3.8) is 0 Å². The van der Waals surface area contributed by atoms with E-state index in [-0.39, 0.29) is 11.9 Å². The first-order valence-electron chi connectivity index (χ1n) is 6.36. The Morgan fingerprint density at radius 2 is 2.21 bits per heavy atom. The molecular weight excluding hydrogens is 244 g/mol. The summed E-state index contributed by atoms with van der Waals surface area (Å²) in [7, 11) is 1.93. The monoisotopic (exact) mass is 264 g/mol. The highest BCUT2D eigenvalue weighted by Gasteiger charge is 2.28. The number of nitrogens with two attached hydrogens (primary N) is 1. The third-order valence-corrected chi connectivity index (χ3v) is 3.50. The second-order valence-electron chi connectivity index (χ2n) is 5.18. The Bertz CT molecular complexity index is 484. The van der Waals surface area contributed by atoms with E-state index >= 15 is 0 Å². The second-order valence-corrected chi connectivity index (χ2v) is 5.18. The summed E-state index contributed by atoms with van der Waals surface area (Å²) >= 11 is 0. The van der Waals surface area contributed by atoms with Gasteiger partial charge in [0, 0.05) is 19.3 Å². The van der Waals surface area contributed by atoms with Crippen molar-refractivity contribution in [3.05, 3.63) is 23.4 Å². The Morgan fingerprint density at radius 3 is 2.79 bits per heavy atom. The standard InChI is InChI=1S/C13H20N4O2/c1-8-3-4-11(12(14)16-19)13(15-8)17(2)7-9-5-10(18)6-9/h3-4,9-10,18-19H,5-7H2,1-2H3,(H2,14,16). The normalized spacial score (nSPS) is 23.0. The number of pyridine rings is 1. The highest BCUT2D eigenvalue weighted by molar-refractivity contribution is 6.01. The van der Waals surface area contributed by atoms with Gasteiger partial charge in [0.05, 0.1) is 11.7 Å². The maximum Gasteiger partial charge on any atom is 0.173 e. The molecule has 2 rings (SSSR count). The van der Waals surface area contributed by atoms with Crippen molar-refractivity contribution in [2.75, 3.05) is 18.5 Å². The van der Waals surface area contributed by atoms with E-state index < -0.39 is 0 Å². The van der Waals surface area contributed by atoms with Gasteiger partial charge in [-0.2, -0.15) is 0 Å². The third kappa shape index (κ3) is 2.96. The number of aryl methyl sites for hydroxylation is 1. The van der Waals surface area contributed by atoms with Crippen LogP contribution < -0.4 is 10.6 Å². The van der Waals surface area contributed by atoms with E-state index in [0.717, 1.165) is 25.1 Å². The topological polar surface area (TPSA) is 95.0 Å². The summed E-state index contributed by atoms with van der Waals surface area (Å²) in [4.78, 5) is 6.46.